The molecule has 1 radical (unpaired) electrons. The number of nitrogens with zero attached hydrogens (tertiary/aromatic N) is 3. The fourth-order valence-corrected chi connectivity index (χ4v) is 19.0. The van der Waals surface area contributed by atoms with Gasteiger partial charge in [0.05, 0.1) is 34.9 Å². The van der Waals surface area contributed by atoms with E-state index in [1.54, 1.807) is 6.33 Å². The van der Waals surface area contributed by atoms with E-state index in [-0.39, 0.29) is 83.6 Å². The Balaban J connectivity index is 0.00000320. The summed E-state index contributed by atoms with van der Waals surface area (Å²) < 4.78 is 30.1. The van der Waals surface area contributed by atoms with Crippen LogP contribution in [0.1, 0.15) is 68.0 Å². The summed E-state index contributed by atoms with van der Waals surface area (Å²) in [6.07, 6.45) is 4.40. The van der Waals surface area contributed by atoms with E-state index in [2.05, 4.69) is 76.7 Å². The number of fused-ring (bicyclic) bond motifs is 3. The number of aromatic nitrogens is 4. The van der Waals surface area contributed by atoms with Crippen LogP contribution in [0.25, 0.3) is 11.2 Å². The topological polar surface area (TPSA) is 100 Å². The summed E-state index contributed by atoms with van der Waals surface area (Å²) in [4.78, 5) is 23.5. The van der Waals surface area contributed by atoms with Crippen LogP contribution in [-0.4, -0.2) is 66.0 Å². The first-order valence-electron chi connectivity index (χ1n) is 13.1. The van der Waals surface area contributed by atoms with Gasteiger partial charge in [-0.15, -0.1) is 11.8 Å². The van der Waals surface area contributed by atoms with E-state index < -0.39 is 17.1 Å². The monoisotopic (exact) mass is 640 g/mol. The maximum atomic E-state index is 12.3. The predicted octanol–water partition coefficient (Wildman–Crippen LogP) is 4.65. The molecule has 3 fully saturated rings. The summed E-state index contributed by atoms with van der Waals surface area (Å²) in [5, 5.41) is 0. The number of aromatic amines is 1. The Bertz CT molecular complexity index is 1160. The summed E-state index contributed by atoms with van der Waals surface area (Å²) >= 11 is 1.87. The number of hydrogen-bond donors (Lipinski definition) is 1. The predicted molar refractivity (Wildman–Crippen MR) is 145 cm³/mol. The Morgan fingerprint density at radius 1 is 1.11 bits per heavy atom. The van der Waals surface area contributed by atoms with Gasteiger partial charge in [0, 0.05) is 39.0 Å². The Morgan fingerprint density at radius 3 is 2.27 bits per heavy atom. The Morgan fingerprint density at radius 2 is 1.73 bits per heavy atom. The summed E-state index contributed by atoms with van der Waals surface area (Å²) in [5.41, 5.74) is 1.50. The molecule has 3 saturated heterocycles. The van der Waals surface area contributed by atoms with Gasteiger partial charge in [-0.2, -0.15) is 0 Å². The Kier molecular flexibility index (Phi) is 8.78. The molecule has 0 aliphatic carbocycles. The Hall–Kier alpha value is 0.0777. The molecular formula is C24H39N4O5SSi2Y-. The van der Waals surface area contributed by atoms with Gasteiger partial charge < -0.3 is 37.0 Å². The Labute approximate surface area is 250 Å². The van der Waals surface area contributed by atoms with Gasteiger partial charge in [-0.1, -0.05) is 55.4 Å². The molecule has 0 amide bonds. The first kappa shape index (κ1) is 30.0. The van der Waals surface area contributed by atoms with Crippen LogP contribution in [0.4, 0.5) is 0 Å². The second-order valence-electron chi connectivity index (χ2n) is 11.6. The SMILES string of the molecule is CC(C)[Si]1(C(C)C)OC[C@H]2O[C@@H](n3cnc4c(=O)[nH][c-]nc43)[C@@]3(CCS3)[C@@H]2O[Si](C(C)C)(C(C)C)O1.[Y]. The van der Waals surface area contributed by atoms with Crippen LogP contribution in [0, 0.1) is 6.33 Å². The van der Waals surface area contributed by atoms with Crippen molar-refractivity contribution < 1.29 is 50.4 Å². The van der Waals surface area contributed by atoms with Gasteiger partial charge in [-0.3, -0.25) is 4.98 Å². The summed E-state index contributed by atoms with van der Waals surface area (Å²) in [6.45, 7) is 18.3. The zero-order valence-corrected chi connectivity index (χ0v) is 28.8. The van der Waals surface area contributed by atoms with Gasteiger partial charge in [0.25, 0.3) is 0 Å². The smallest absolute Gasteiger partial charge is 0.335 e. The molecule has 1 spiro atoms. The largest absolute Gasteiger partial charge is 0.419 e. The van der Waals surface area contributed by atoms with E-state index >= 15 is 0 Å². The van der Waals surface area contributed by atoms with E-state index in [0.717, 1.165) is 12.2 Å². The molecule has 1 N–H and O–H groups in total. The molecule has 9 nitrogen and oxygen atoms in total. The molecule has 5 rings (SSSR count). The molecule has 0 bridgehead atoms. The van der Waals surface area contributed by atoms with Crippen LogP contribution in [0.15, 0.2) is 11.1 Å². The van der Waals surface area contributed by atoms with Gasteiger partial charge in [-0.25, -0.2) is 0 Å². The van der Waals surface area contributed by atoms with Crippen molar-refractivity contribution in [3.05, 3.63) is 23.0 Å². The van der Waals surface area contributed by atoms with Gasteiger partial charge >= 0.3 is 17.1 Å². The number of nitrogens with one attached hydrogen (secondary N) is 1. The first-order chi connectivity index (χ1) is 17.0. The van der Waals surface area contributed by atoms with Gasteiger partial charge in [0.2, 0.25) is 0 Å². The van der Waals surface area contributed by atoms with E-state index in [1.165, 1.54) is 0 Å². The second-order valence-corrected chi connectivity index (χ2v) is 21.9. The number of thioether (sulfide) groups is 1. The molecule has 203 valence electrons. The maximum Gasteiger partial charge on any atom is 0.335 e. The quantitative estimate of drug-likeness (QED) is 0.373. The molecular weight excluding hydrogens is 601 g/mol. The third-order valence-corrected chi connectivity index (χ3v) is 20.1. The number of hydrogen-bond acceptors (Lipinski definition) is 8. The van der Waals surface area contributed by atoms with Crippen molar-refractivity contribution >= 4 is 40.0 Å². The molecule has 0 aromatic carbocycles. The molecule has 37 heavy (non-hydrogen) atoms. The third kappa shape index (κ3) is 4.54. The summed E-state index contributed by atoms with van der Waals surface area (Å²) in [6, 6.07) is 0. The molecule has 0 unspecified atom stereocenters. The fraction of sp³-hybridized carbons (Fsp3) is 0.792. The number of rotatable bonds is 5. The minimum absolute atomic E-state index is 0. The first-order valence-corrected chi connectivity index (χ1v) is 18.1. The third-order valence-electron chi connectivity index (χ3n) is 8.29. The van der Waals surface area contributed by atoms with Crippen molar-refractivity contribution in [3.8, 4) is 0 Å². The number of ether oxygens (including phenoxy) is 1. The zero-order chi connectivity index (χ0) is 26.0. The molecule has 3 aliphatic heterocycles. The van der Waals surface area contributed by atoms with E-state index in [0.29, 0.717) is 17.8 Å². The summed E-state index contributed by atoms with van der Waals surface area (Å²) in [5.74, 6) is 1.02. The molecule has 5 heterocycles. The molecule has 2 aromatic heterocycles. The van der Waals surface area contributed by atoms with Gasteiger partial charge in [-0.05, 0) is 34.3 Å². The van der Waals surface area contributed by atoms with E-state index in [1.807, 2.05) is 16.3 Å². The molecule has 13 heteroatoms. The van der Waals surface area contributed by atoms with Crippen molar-refractivity contribution in [1.82, 2.24) is 19.5 Å². The van der Waals surface area contributed by atoms with E-state index in [9.17, 15) is 4.79 Å². The maximum absolute atomic E-state index is 12.3. The van der Waals surface area contributed by atoms with Crippen molar-refractivity contribution in [2.24, 2.45) is 0 Å². The molecule has 4 atom stereocenters. The van der Waals surface area contributed by atoms with Crippen molar-refractivity contribution in [2.75, 3.05) is 12.4 Å². The van der Waals surface area contributed by atoms with E-state index in [4.69, 9.17) is 17.7 Å². The number of imidazole rings is 1. The van der Waals surface area contributed by atoms with Crippen LogP contribution < -0.4 is 5.56 Å². The van der Waals surface area contributed by atoms with Crippen LogP contribution in [0.5, 0.6) is 0 Å². The molecule has 2 aromatic rings. The average Bonchev–Trinajstić information content (AvgIpc) is 3.32. The second kappa shape index (κ2) is 10.8. The van der Waals surface area contributed by atoms with Crippen molar-refractivity contribution in [2.45, 2.75) is 107 Å². The van der Waals surface area contributed by atoms with Crippen molar-refractivity contribution in [1.29, 1.82) is 0 Å². The molecule has 0 saturated carbocycles. The zero-order valence-electron chi connectivity index (χ0n) is 23.1. The van der Waals surface area contributed by atoms with Gasteiger partial charge in [0.15, 0.2) is 5.56 Å². The van der Waals surface area contributed by atoms with Crippen LogP contribution in [0.2, 0.25) is 22.2 Å². The summed E-state index contributed by atoms with van der Waals surface area (Å²) in [7, 11) is -5.42. The van der Waals surface area contributed by atoms with Crippen LogP contribution in [-0.2, 0) is 50.4 Å². The fourth-order valence-electron chi connectivity index (χ4n) is 6.28. The minimum atomic E-state index is -2.77. The standard InChI is InChI=1S/C24H39N4O5SSi2.Y/c1-14(2)35(15(3)4)30-11-18-20(32-36(33-35,16(5)6)17(7)8)24(9-10-34-24)23(31-18)28-13-27-19-21(28)25-12-26-22(19)29;/h13-18,20,23H,9-11H2,1-8H3,(H,25,26,29);/q-1;/t18-,20-,23-,24-;/m1./s1. The minimum Gasteiger partial charge on any atom is -0.419 e. The molecule has 3 aliphatic rings. The number of H-pyrrole nitrogens is 1. The normalized spacial score (nSPS) is 31.0. The average molecular weight is 641 g/mol. The van der Waals surface area contributed by atoms with Crippen molar-refractivity contribution in [3.63, 3.8) is 0 Å². The van der Waals surface area contributed by atoms with Crippen LogP contribution in [0.3, 0.4) is 0 Å². The van der Waals surface area contributed by atoms with Crippen LogP contribution >= 0.6 is 11.8 Å². The van der Waals surface area contributed by atoms with Gasteiger partial charge in [0.1, 0.15) is 12.3 Å².